The third-order valence-corrected chi connectivity index (χ3v) is 3.90. The van der Waals surface area contributed by atoms with Gasteiger partial charge in [0.05, 0.1) is 6.54 Å². The summed E-state index contributed by atoms with van der Waals surface area (Å²) in [5.41, 5.74) is 6.69. The molecule has 74 valence electrons. The van der Waals surface area contributed by atoms with Crippen LogP contribution in [-0.2, 0) is 6.54 Å². The fourth-order valence-electron chi connectivity index (χ4n) is 1.27. The van der Waals surface area contributed by atoms with Gasteiger partial charge in [0, 0.05) is 21.1 Å². The van der Waals surface area contributed by atoms with E-state index in [9.17, 15) is 0 Å². The van der Waals surface area contributed by atoms with Crippen LogP contribution in [0.25, 0.3) is 0 Å². The average molecular weight is 272 g/mol. The lowest BCUT2D eigenvalue weighted by molar-refractivity contribution is 0.674. The zero-order valence-electron chi connectivity index (χ0n) is 7.70. The minimum atomic E-state index is 0.579. The molecule has 0 bridgehead atoms. The molecule has 0 spiro atoms. The molecule has 0 fully saturated rings. The first kappa shape index (κ1) is 9.73. The first-order valence-corrected chi connectivity index (χ1v) is 5.86. The van der Waals surface area contributed by atoms with Gasteiger partial charge in [0.1, 0.15) is 5.82 Å². The number of aryl methyl sites for hydroxylation is 1. The van der Waals surface area contributed by atoms with Gasteiger partial charge in [-0.2, -0.15) is 5.10 Å². The quantitative estimate of drug-likeness (QED) is 0.913. The molecule has 0 aliphatic rings. The van der Waals surface area contributed by atoms with E-state index >= 15 is 0 Å². The lowest BCUT2D eigenvalue weighted by Gasteiger charge is -2.02. The maximum absolute atomic E-state index is 5.61. The van der Waals surface area contributed by atoms with Crippen LogP contribution in [0.5, 0.6) is 0 Å². The maximum atomic E-state index is 5.61. The molecule has 0 aliphatic carbocycles. The first-order valence-electron chi connectivity index (χ1n) is 4.18. The van der Waals surface area contributed by atoms with E-state index in [2.05, 4.69) is 26.4 Å². The standard InChI is InChI=1S/C9H10BrN3S/c1-6-4-9(11)12-13(6)5-8-7(10)2-3-14-8/h2-4H,5H2,1H3,(H2,11,12). The smallest absolute Gasteiger partial charge is 0.145 e. The van der Waals surface area contributed by atoms with Crippen molar-refractivity contribution in [3.63, 3.8) is 0 Å². The van der Waals surface area contributed by atoms with Crippen molar-refractivity contribution in [1.82, 2.24) is 9.78 Å². The summed E-state index contributed by atoms with van der Waals surface area (Å²) in [5, 5.41) is 6.26. The van der Waals surface area contributed by atoms with Gasteiger partial charge in [-0.3, -0.25) is 4.68 Å². The Bertz CT molecular complexity index is 447. The number of nitrogens with zero attached hydrogens (tertiary/aromatic N) is 2. The maximum Gasteiger partial charge on any atom is 0.145 e. The van der Waals surface area contributed by atoms with E-state index in [1.807, 2.05) is 23.7 Å². The summed E-state index contributed by atoms with van der Waals surface area (Å²) in [5.74, 6) is 0.579. The molecule has 0 radical (unpaired) electrons. The molecule has 14 heavy (non-hydrogen) atoms. The zero-order chi connectivity index (χ0) is 10.1. The van der Waals surface area contributed by atoms with E-state index in [0.29, 0.717) is 5.82 Å². The highest BCUT2D eigenvalue weighted by molar-refractivity contribution is 9.10. The summed E-state index contributed by atoms with van der Waals surface area (Å²) in [6.45, 7) is 2.78. The van der Waals surface area contributed by atoms with Gasteiger partial charge in [0.2, 0.25) is 0 Å². The van der Waals surface area contributed by atoms with Crippen molar-refractivity contribution >= 4 is 33.1 Å². The van der Waals surface area contributed by atoms with Gasteiger partial charge >= 0.3 is 0 Å². The summed E-state index contributed by atoms with van der Waals surface area (Å²) >= 11 is 5.21. The van der Waals surface area contributed by atoms with Crippen molar-refractivity contribution in [2.45, 2.75) is 13.5 Å². The second-order valence-corrected chi connectivity index (χ2v) is 4.91. The van der Waals surface area contributed by atoms with E-state index < -0.39 is 0 Å². The van der Waals surface area contributed by atoms with Gasteiger partial charge < -0.3 is 5.73 Å². The predicted molar refractivity (Wildman–Crippen MR) is 62.5 cm³/mol. The number of hydrogen-bond acceptors (Lipinski definition) is 3. The number of halogens is 1. The molecule has 0 unspecified atom stereocenters. The molecule has 2 heterocycles. The van der Waals surface area contributed by atoms with Crippen molar-refractivity contribution < 1.29 is 0 Å². The van der Waals surface area contributed by atoms with Gasteiger partial charge in [0.15, 0.2) is 0 Å². The van der Waals surface area contributed by atoms with Crippen molar-refractivity contribution in [3.8, 4) is 0 Å². The summed E-state index contributed by atoms with van der Waals surface area (Å²) in [4.78, 5) is 1.26. The number of nitrogen functional groups attached to an aromatic ring is 1. The molecule has 2 aromatic heterocycles. The predicted octanol–water partition coefficient (Wildman–Crippen LogP) is 2.65. The molecule has 0 saturated carbocycles. The SMILES string of the molecule is Cc1cc(N)nn1Cc1sccc1Br. The van der Waals surface area contributed by atoms with Gasteiger partial charge in [-0.25, -0.2) is 0 Å². The Balaban J connectivity index is 2.27. The minimum absolute atomic E-state index is 0.579. The van der Waals surface area contributed by atoms with Crippen molar-refractivity contribution in [2.75, 3.05) is 5.73 Å². The molecule has 0 aromatic carbocycles. The molecule has 0 saturated heterocycles. The van der Waals surface area contributed by atoms with Crippen LogP contribution in [0.4, 0.5) is 5.82 Å². The highest BCUT2D eigenvalue weighted by Crippen LogP contribution is 2.23. The molecule has 3 nitrogen and oxygen atoms in total. The van der Waals surface area contributed by atoms with Gasteiger partial charge in [0.25, 0.3) is 0 Å². The van der Waals surface area contributed by atoms with E-state index in [0.717, 1.165) is 16.7 Å². The summed E-state index contributed by atoms with van der Waals surface area (Å²) in [6, 6.07) is 3.92. The van der Waals surface area contributed by atoms with E-state index in [1.54, 1.807) is 11.3 Å². The molecule has 0 amide bonds. The Morgan fingerprint density at radius 1 is 1.64 bits per heavy atom. The zero-order valence-corrected chi connectivity index (χ0v) is 10.1. The van der Waals surface area contributed by atoms with Crippen LogP contribution in [0, 0.1) is 6.92 Å². The number of nitrogens with two attached hydrogens (primary N) is 1. The number of rotatable bonds is 2. The average Bonchev–Trinajstić information content (AvgIpc) is 2.62. The number of hydrogen-bond donors (Lipinski definition) is 1. The molecule has 2 rings (SSSR count). The molecule has 0 atom stereocenters. The highest BCUT2D eigenvalue weighted by atomic mass is 79.9. The van der Waals surface area contributed by atoms with Crippen LogP contribution in [0.2, 0.25) is 0 Å². The van der Waals surface area contributed by atoms with Gasteiger partial charge in [-0.05, 0) is 34.3 Å². The minimum Gasteiger partial charge on any atom is -0.382 e. The summed E-state index contributed by atoms with van der Waals surface area (Å²) < 4.78 is 3.04. The van der Waals surface area contributed by atoms with E-state index in [1.165, 1.54) is 4.88 Å². The lowest BCUT2D eigenvalue weighted by Crippen LogP contribution is -2.03. The highest BCUT2D eigenvalue weighted by Gasteiger charge is 2.05. The Hall–Kier alpha value is -0.810. The second-order valence-electron chi connectivity index (χ2n) is 3.06. The molecule has 5 heteroatoms. The Morgan fingerprint density at radius 3 is 2.93 bits per heavy atom. The Kier molecular flexibility index (Phi) is 2.60. The van der Waals surface area contributed by atoms with Gasteiger partial charge in [-0.15, -0.1) is 11.3 Å². The van der Waals surface area contributed by atoms with Gasteiger partial charge in [-0.1, -0.05) is 0 Å². The lowest BCUT2D eigenvalue weighted by atomic mass is 10.4. The number of thiophene rings is 1. The molecular weight excluding hydrogens is 262 g/mol. The summed E-state index contributed by atoms with van der Waals surface area (Å²) in [7, 11) is 0. The normalized spacial score (nSPS) is 10.7. The van der Waals surface area contributed by atoms with Crippen LogP contribution in [0.15, 0.2) is 22.0 Å². The second kappa shape index (κ2) is 3.74. The van der Waals surface area contributed by atoms with Crippen molar-refractivity contribution in [3.05, 3.63) is 32.6 Å². The third-order valence-electron chi connectivity index (χ3n) is 1.98. The van der Waals surface area contributed by atoms with Crippen molar-refractivity contribution in [1.29, 1.82) is 0 Å². The molecule has 2 aromatic rings. The molecule has 0 aliphatic heterocycles. The van der Waals surface area contributed by atoms with E-state index in [-0.39, 0.29) is 0 Å². The summed E-state index contributed by atoms with van der Waals surface area (Å²) in [6.07, 6.45) is 0. The third kappa shape index (κ3) is 1.83. The Labute approximate surface area is 94.7 Å². The molecular formula is C9H10BrN3S. The first-order chi connectivity index (χ1) is 6.66. The van der Waals surface area contributed by atoms with Crippen LogP contribution in [0.3, 0.4) is 0 Å². The Morgan fingerprint density at radius 2 is 2.43 bits per heavy atom. The van der Waals surface area contributed by atoms with E-state index in [4.69, 9.17) is 5.73 Å². The largest absolute Gasteiger partial charge is 0.382 e. The number of anilines is 1. The van der Waals surface area contributed by atoms with Crippen LogP contribution in [-0.4, -0.2) is 9.78 Å². The topological polar surface area (TPSA) is 43.8 Å². The fraction of sp³-hybridized carbons (Fsp3) is 0.222. The van der Waals surface area contributed by atoms with Crippen LogP contribution in [0.1, 0.15) is 10.6 Å². The van der Waals surface area contributed by atoms with Crippen LogP contribution >= 0.6 is 27.3 Å². The van der Waals surface area contributed by atoms with Crippen molar-refractivity contribution in [2.24, 2.45) is 0 Å². The number of aromatic nitrogens is 2. The van der Waals surface area contributed by atoms with Crippen LogP contribution < -0.4 is 5.73 Å². The monoisotopic (exact) mass is 271 g/mol. The molecule has 2 N–H and O–H groups in total. The fourth-order valence-corrected chi connectivity index (χ4v) is 2.73.